The minimum Gasteiger partial charge on any atom is -0.493 e. The summed E-state index contributed by atoms with van der Waals surface area (Å²) in [5.41, 5.74) is 2.45. The number of carbonyl (C=O) groups excluding carboxylic acids is 1. The van der Waals surface area contributed by atoms with Gasteiger partial charge in [-0.2, -0.15) is 0 Å². The Kier molecular flexibility index (Phi) is 5.09. The van der Waals surface area contributed by atoms with Crippen LogP contribution in [0.1, 0.15) is 10.4 Å². The third kappa shape index (κ3) is 3.39. The summed E-state index contributed by atoms with van der Waals surface area (Å²) in [4.78, 5) is 17.2. The van der Waals surface area contributed by atoms with Crippen molar-refractivity contribution in [1.82, 2.24) is 9.55 Å². The number of thioether (sulfide) groups is 1. The number of allylic oxidation sites excluding steroid dienone is 1. The molecular weight excluding hydrogens is 336 g/mol. The fraction of sp³-hybridized carbons (Fsp3) is 0.158. The van der Waals surface area contributed by atoms with Gasteiger partial charge in [0.25, 0.3) is 5.91 Å². The smallest absolute Gasteiger partial charge is 0.257 e. The molecule has 0 N–H and O–H groups in total. The number of hydrogen-bond donors (Lipinski definition) is 0. The number of rotatable bonds is 5. The van der Waals surface area contributed by atoms with Crippen LogP contribution in [0.15, 0.2) is 53.7 Å². The molecule has 2 aromatic carbocycles. The first-order valence-corrected chi connectivity index (χ1v) is 8.86. The van der Waals surface area contributed by atoms with Crippen molar-refractivity contribution in [3.63, 3.8) is 0 Å². The van der Waals surface area contributed by atoms with Gasteiger partial charge < -0.3 is 9.47 Å². The van der Waals surface area contributed by atoms with Gasteiger partial charge in [0, 0.05) is 6.08 Å². The number of methoxy groups -OCH3 is 2. The summed E-state index contributed by atoms with van der Waals surface area (Å²) in [6, 6.07) is 13.1. The molecule has 6 heteroatoms. The SMILES string of the molecule is COc1ccc(/C=C/C(=O)n2c(SC)nc3ccccc32)cc1OC. The minimum absolute atomic E-state index is 0.146. The van der Waals surface area contributed by atoms with Crippen molar-refractivity contribution in [1.29, 1.82) is 0 Å². The molecule has 0 aliphatic rings. The molecule has 1 aromatic heterocycles. The molecule has 0 unspecified atom stereocenters. The monoisotopic (exact) mass is 354 g/mol. The minimum atomic E-state index is -0.146. The number of carbonyl (C=O) groups is 1. The van der Waals surface area contributed by atoms with Crippen molar-refractivity contribution in [2.45, 2.75) is 5.16 Å². The van der Waals surface area contributed by atoms with E-state index in [4.69, 9.17) is 9.47 Å². The molecule has 0 saturated heterocycles. The lowest BCUT2D eigenvalue weighted by Crippen LogP contribution is -2.08. The Balaban J connectivity index is 1.94. The Morgan fingerprint density at radius 1 is 1.12 bits per heavy atom. The molecule has 0 fully saturated rings. The number of benzene rings is 2. The number of para-hydroxylation sites is 2. The average molecular weight is 354 g/mol. The van der Waals surface area contributed by atoms with Crippen molar-refractivity contribution < 1.29 is 14.3 Å². The predicted molar refractivity (Wildman–Crippen MR) is 101 cm³/mol. The van der Waals surface area contributed by atoms with Gasteiger partial charge in [0.05, 0.1) is 25.3 Å². The summed E-state index contributed by atoms with van der Waals surface area (Å²) in [6.07, 6.45) is 5.20. The van der Waals surface area contributed by atoms with Crippen LogP contribution in [0.25, 0.3) is 17.1 Å². The van der Waals surface area contributed by atoms with E-state index in [9.17, 15) is 4.79 Å². The largest absolute Gasteiger partial charge is 0.493 e. The van der Waals surface area contributed by atoms with E-state index in [0.717, 1.165) is 16.6 Å². The third-order valence-corrected chi connectivity index (χ3v) is 4.40. The highest BCUT2D eigenvalue weighted by Gasteiger charge is 2.14. The Bertz CT molecular complexity index is 947. The Hall–Kier alpha value is -2.73. The quantitative estimate of drug-likeness (QED) is 0.509. The summed E-state index contributed by atoms with van der Waals surface area (Å²) in [5.74, 6) is 1.12. The van der Waals surface area contributed by atoms with Gasteiger partial charge in [-0.05, 0) is 42.2 Å². The van der Waals surface area contributed by atoms with Gasteiger partial charge in [-0.3, -0.25) is 9.36 Å². The van der Waals surface area contributed by atoms with Crippen LogP contribution < -0.4 is 9.47 Å². The lowest BCUT2D eigenvalue weighted by Gasteiger charge is -2.07. The van der Waals surface area contributed by atoms with Crippen LogP contribution in [-0.2, 0) is 0 Å². The van der Waals surface area contributed by atoms with E-state index in [2.05, 4.69) is 4.98 Å². The van der Waals surface area contributed by atoms with E-state index < -0.39 is 0 Å². The van der Waals surface area contributed by atoms with E-state index in [1.165, 1.54) is 17.8 Å². The standard InChI is InChI=1S/C19H18N2O3S/c1-23-16-10-8-13(12-17(16)24-2)9-11-18(22)21-15-7-5-4-6-14(15)20-19(21)25-3/h4-12H,1-3H3/b11-9+. The molecule has 5 nitrogen and oxygen atoms in total. The van der Waals surface area contributed by atoms with Gasteiger partial charge in [0.1, 0.15) is 0 Å². The highest BCUT2D eigenvalue weighted by Crippen LogP contribution is 2.28. The van der Waals surface area contributed by atoms with Gasteiger partial charge in [0.15, 0.2) is 16.7 Å². The van der Waals surface area contributed by atoms with Gasteiger partial charge in [0.2, 0.25) is 0 Å². The molecule has 3 aromatic rings. The van der Waals surface area contributed by atoms with Crippen molar-refractivity contribution in [3.05, 3.63) is 54.1 Å². The summed E-state index contributed by atoms with van der Waals surface area (Å²) >= 11 is 1.44. The maximum atomic E-state index is 12.7. The summed E-state index contributed by atoms with van der Waals surface area (Å²) in [5, 5.41) is 0.670. The number of imidazole rings is 1. The predicted octanol–water partition coefficient (Wildman–Crippen LogP) is 4.13. The molecule has 25 heavy (non-hydrogen) atoms. The zero-order chi connectivity index (χ0) is 17.8. The van der Waals surface area contributed by atoms with Crippen molar-refractivity contribution >= 4 is 34.8 Å². The molecule has 0 aliphatic heterocycles. The second kappa shape index (κ2) is 7.44. The maximum Gasteiger partial charge on any atom is 0.257 e. The molecule has 0 saturated carbocycles. The molecule has 1 heterocycles. The molecule has 0 aliphatic carbocycles. The first kappa shape index (κ1) is 17.1. The summed E-state index contributed by atoms with van der Waals surface area (Å²) in [7, 11) is 3.17. The second-order valence-corrected chi connectivity index (χ2v) is 5.98. The van der Waals surface area contributed by atoms with E-state index in [-0.39, 0.29) is 5.91 Å². The fourth-order valence-corrected chi connectivity index (χ4v) is 3.11. The van der Waals surface area contributed by atoms with Gasteiger partial charge in [-0.25, -0.2) is 4.98 Å². The van der Waals surface area contributed by atoms with Crippen molar-refractivity contribution in [3.8, 4) is 11.5 Å². The first-order chi connectivity index (χ1) is 12.2. The third-order valence-electron chi connectivity index (χ3n) is 3.76. The van der Waals surface area contributed by atoms with E-state index >= 15 is 0 Å². The Morgan fingerprint density at radius 2 is 1.88 bits per heavy atom. The lowest BCUT2D eigenvalue weighted by atomic mass is 10.2. The van der Waals surface area contributed by atoms with Gasteiger partial charge >= 0.3 is 0 Å². The number of aromatic nitrogens is 2. The first-order valence-electron chi connectivity index (χ1n) is 7.64. The molecule has 0 radical (unpaired) electrons. The number of fused-ring (bicyclic) bond motifs is 1. The Morgan fingerprint density at radius 3 is 2.60 bits per heavy atom. The normalized spacial score (nSPS) is 11.2. The zero-order valence-electron chi connectivity index (χ0n) is 14.2. The van der Waals surface area contributed by atoms with Crippen molar-refractivity contribution in [2.24, 2.45) is 0 Å². The number of ether oxygens (including phenoxy) is 2. The van der Waals surface area contributed by atoms with Crippen LogP contribution >= 0.6 is 11.8 Å². The fourth-order valence-electron chi connectivity index (χ4n) is 2.55. The van der Waals surface area contributed by atoms with Crippen LogP contribution in [0.4, 0.5) is 0 Å². The van der Waals surface area contributed by atoms with Crippen LogP contribution in [0, 0.1) is 0 Å². The van der Waals surface area contributed by atoms with Crippen molar-refractivity contribution in [2.75, 3.05) is 20.5 Å². The lowest BCUT2D eigenvalue weighted by molar-refractivity contribution is 0.0965. The number of nitrogens with zero attached hydrogens (tertiary/aromatic N) is 2. The molecule has 0 atom stereocenters. The van der Waals surface area contributed by atoms with Gasteiger partial charge in [-0.1, -0.05) is 30.0 Å². The maximum absolute atomic E-state index is 12.7. The summed E-state index contributed by atoms with van der Waals surface area (Å²) in [6.45, 7) is 0. The van der Waals surface area contributed by atoms with E-state index in [1.807, 2.05) is 48.7 Å². The van der Waals surface area contributed by atoms with E-state index in [0.29, 0.717) is 16.7 Å². The average Bonchev–Trinajstić information content (AvgIpc) is 3.04. The van der Waals surface area contributed by atoms with Crippen LogP contribution in [-0.4, -0.2) is 35.9 Å². The molecule has 3 rings (SSSR count). The molecule has 0 spiro atoms. The van der Waals surface area contributed by atoms with E-state index in [1.54, 1.807) is 24.9 Å². The topological polar surface area (TPSA) is 53.4 Å². The zero-order valence-corrected chi connectivity index (χ0v) is 15.0. The molecule has 128 valence electrons. The highest BCUT2D eigenvalue weighted by atomic mass is 32.2. The molecular formula is C19H18N2O3S. The molecule has 0 amide bonds. The van der Waals surface area contributed by atoms with Crippen LogP contribution in [0.3, 0.4) is 0 Å². The molecule has 0 bridgehead atoms. The van der Waals surface area contributed by atoms with Crippen LogP contribution in [0.5, 0.6) is 11.5 Å². The second-order valence-electron chi connectivity index (χ2n) is 5.21. The summed E-state index contributed by atoms with van der Waals surface area (Å²) < 4.78 is 12.1. The highest BCUT2D eigenvalue weighted by molar-refractivity contribution is 7.98. The number of hydrogen-bond acceptors (Lipinski definition) is 5. The van der Waals surface area contributed by atoms with Crippen LogP contribution in [0.2, 0.25) is 0 Å². The van der Waals surface area contributed by atoms with Gasteiger partial charge in [-0.15, -0.1) is 0 Å². The Labute approximate surface area is 150 Å².